The second kappa shape index (κ2) is 6.98. The quantitative estimate of drug-likeness (QED) is 0.639. The van der Waals surface area contributed by atoms with Crippen molar-refractivity contribution in [1.82, 2.24) is 0 Å². The Morgan fingerprint density at radius 2 is 1.95 bits per heavy atom. The number of rotatable bonds is 6. The van der Waals surface area contributed by atoms with E-state index in [1.165, 1.54) is 6.08 Å². The lowest BCUT2D eigenvalue weighted by Crippen LogP contribution is -2.41. The lowest BCUT2D eigenvalue weighted by molar-refractivity contribution is -0.146. The lowest BCUT2D eigenvalue weighted by atomic mass is 10.0. The van der Waals surface area contributed by atoms with Crippen molar-refractivity contribution in [3.05, 3.63) is 35.9 Å². The molecule has 0 aliphatic carbocycles. The largest absolute Gasteiger partial charge is 0.480 e. The number of carbonyl (C=O) groups is 1. The Labute approximate surface area is 118 Å². The number of isocyanates is 1. The summed E-state index contributed by atoms with van der Waals surface area (Å²) in [5, 5.41) is 9.20. The van der Waals surface area contributed by atoms with Gasteiger partial charge >= 0.3 is 5.97 Å². The maximum atomic E-state index is 11.3. The number of carboxylic acids is 1. The number of ether oxygens (including phenoxy) is 1. The van der Waals surface area contributed by atoms with E-state index in [-0.39, 0.29) is 0 Å². The molecule has 1 rings (SSSR count). The first kappa shape index (κ1) is 16.1. The zero-order valence-electron chi connectivity index (χ0n) is 11.9. The molecule has 0 aromatic heterocycles. The van der Waals surface area contributed by atoms with E-state index in [9.17, 15) is 14.7 Å². The molecule has 0 amide bonds. The van der Waals surface area contributed by atoms with Gasteiger partial charge in [-0.05, 0) is 26.3 Å². The summed E-state index contributed by atoms with van der Waals surface area (Å²) in [6.07, 6.45) is 0.951. The third kappa shape index (κ3) is 5.34. The number of benzene rings is 1. The number of hydrogen-bond acceptors (Lipinski definition) is 4. The molecule has 0 aliphatic rings. The minimum Gasteiger partial charge on any atom is -0.480 e. The second-order valence-corrected chi connectivity index (χ2v) is 5.46. The maximum Gasteiger partial charge on any atom is 0.332 e. The van der Waals surface area contributed by atoms with Crippen LogP contribution in [0.4, 0.5) is 0 Å². The smallest absolute Gasteiger partial charge is 0.332 e. The van der Waals surface area contributed by atoms with Crippen molar-refractivity contribution in [3.8, 4) is 0 Å². The standard InChI is InChI=1S/C15H19NO4/c1-15(2,3)20-12(13(14(18)19)16-10-17)9-11-7-5-4-6-8-11/h4-8,12-13H,9H2,1-3H3,(H,18,19)/t12?,13-/m1/s1. The van der Waals surface area contributed by atoms with Crippen LogP contribution < -0.4 is 0 Å². The van der Waals surface area contributed by atoms with Crippen molar-refractivity contribution >= 4 is 12.0 Å². The van der Waals surface area contributed by atoms with E-state index >= 15 is 0 Å². The van der Waals surface area contributed by atoms with E-state index in [0.29, 0.717) is 6.42 Å². The summed E-state index contributed by atoms with van der Waals surface area (Å²) in [6, 6.07) is 8.10. The average molecular weight is 277 g/mol. The van der Waals surface area contributed by atoms with Crippen molar-refractivity contribution < 1.29 is 19.4 Å². The molecule has 0 heterocycles. The van der Waals surface area contributed by atoms with Gasteiger partial charge in [0.25, 0.3) is 0 Å². The number of aliphatic imine (C=N–C) groups is 1. The van der Waals surface area contributed by atoms with Crippen molar-refractivity contribution in [1.29, 1.82) is 0 Å². The van der Waals surface area contributed by atoms with Crippen LogP contribution in [0.3, 0.4) is 0 Å². The van der Waals surface area contributed by atoms with Crippen LogP contribution in [0.25, 0.3) is 0 Å². The molecule has 20 heavy (non-hydrogen) atoms. The van der Waals surface area contributed by atoms with Crippen LogP contribution in [-0.2, 0) is 20.7 Å². The molecule has 1 unspecified atom stereocenters. The number of hydrogen-bond donors (Lipinski definition) is 1. The molecule has 0 spiro atoms. The fraction of sp³-hybridized carbons (Fsp3) is 0.467. The monoisotopic (exact) mass is 277 g/mol. The van der Waals surface area contributed by atoms with Gasteiger partial charge in [-0.3, -0.25) is 0 Å². The fourth-order valence-corrected chi connectivity index (χ4v) is 1.87. The number of carbonyl (C=O) groups excluding carboxylic acids is 1. The lowest BCUT2D eigenvalue weighted by Gasteiger charge is -2.29. The normalized spacial score (nSPS) is 14.2. The molecule has 108 valence electrons. The molecule has 0 saturated heterocycles. The summed E-state index contributed by atoms with van der Waals surface area (Å²) in [5.74, 6) is -1.20. The molecule has 0 saturated carbocycles. The van der Waals surface area contributed by atoms with E-state index in [4.69, 9.17) is 4.74 Å². The fourth-order valence-electron chi connectivity index (χ4n) is 1.87. The van der Waals surface area contributed by atoms with Gasteiger partial charge in [-0.2, -0.15) is 4.99 Å². The summed E-state index contributed by atoms with van der Waals surface area (Å²) in [6.45, 7) is 5.48. The molecule has 0 bridgehead atoms. The van der Waals surface area contributed by atoms with E-state index in [1.807, 2.05) is 51.1 Å². The van der Waals surface area contributed by atoms with Crippen LogP contribution in [0.2, 0.25) is 0 Å². The molecule has 5 nitrogen and oxygen atoms in total. The van der Waals surface area contributed by atoms with Gasteiger partial charge in [0.2, 0.25) is 6.08 Å². The van der Waals surface area contributed by atoms with Gasteiger partial charge < -0.3 is 9.84 Å². The number of aliphatic carboxylic acids is 1. The molecule has 2 atom stereocenters. The second-order valence-electron chi connectivity index (χ2n) is 5.46. The predicted octanol–water partition coefficient (Wildman–Crippen LogP) is 2.20. The van der Waals surface area contributed by atoms with Gasteiger partial charge in [-0.25, -0.2) is 9.59 Å². The van der Waals surface area contributed by atoms with Crippen molar-refractivity contribution in [3.63, 3.8) is 0 Å². The highest BCUT2D eigenvalue weighted by Crippen LogP contribution is 2.19. The van der Waals surface area contributed by atoms with E-state index in [1.54, 1.807) is 0 Å². The van der Waals surface area contributed by atoms with Crippen LogP contribution in [0.5, 0.6) is 0 Å². The Balaban J connectivity index is 3.00. The van der Waals surface area contributed by atoms with E-state index in [0.717, 1.165) is 5.56 Å². The van der Waals surface area contributed by atoms with E-state index in [2.05, 4.69) is 4.99 Å². The van der Waals surface area contributed by atoms with Gasteiger partial charge in [0.1, 0.15) is 0 Å². The Morgan fingerprint density at radius 3 is 2.40 bits per heavy atom. The van der Waals surface area contributed by atoms with Gasteiger partial charge in [0, 0.05) is 6.42 Å². The van der Waals surface area contributed by atoms with Crippen LogP contribution in [0, 0.1) is 0 Å². The molecule has 1 N–H and O–H groups in total. The molecule has 0 aliphatic heterocycles. The summed E-state index contributed by atoms with van der Waals surface area (Å²) in [4.78, 5) is 25.1. The van der Waals surface area contributed by atoms with Crippen LogP contribution in [0.15, 0.2) is 35.3 Å². The maximum absolute atomic E-state index is 11.3. The highest BCUT2D eigenvalue weighted by atomic mass is 16.5. The molecule has 5 heteroatoms. The van der Waals surface area contributed by atoms with Crippen LogP contribution >= 0.6 is 0 Å². The zero-order valence-corrected chi connectivity index (χ0v) is 11.9. The van der Waals surface area contributed by atoms with Crippen molar-refractivity contribution in [2.75, 3.05) is 0 Å². The van der Waals surface area contributed by atoms with Gasteiger partial charge in [-0.1, -0.05) is 30.3 Å². The SMILES string of the molecule is CC(C)(C)OC(Cc1ccccc1)[C@@H](N=C=O)C(=O)O. The number of carboxylic acid groups (broad SMARTS) is 1. The minimum atomic E-state index is -1.26. The molecular formula is C15H19NO4. The molecule has 1 aromatic rings. The third-order valence-electron chi connectivity index (χ3n) is 2.58. The number of nitrogens with zero attached hydrogens (tertiary/aromatic N) is 1. The highest BCUT2D eigenvalue weighted by Gasteiger charge is 2.32. The Kier molecular flexibility index (Phi) is 5.62. The summed E-state index contributed by atoms with van der Waals surface area (Å²) < 4.78 is 5.76. The minimum absolute atomic E-state index is 0.361. The topological polar surface area (TPSA) is 76.0 Å². The Hall–Kier alpha value is -1.97. The zero-order chi connectivity index (χ0) is 15.2. The summed E-state index contributed by atoms with van der Waals surface area (Å²) in [5.41, 5.74) is 0.389. The molecule has 0 radical (unpaired) electrons. The van der Waals surface area contributed by atoms with Crippen LogP contribution in [-0.4, -0.2) is 34.9 Å². The highest BCUT2D eigenvalue weighted by molar-refractivity contribution is 5.75. The first-order chi connectivity index (χ1) is 9.33. The van der Waals surface area contributed by atoms with Gasteiger partial charge in [0.15, 0.2) is 6.04 Å². The Bertz CT molecular complexity index is 484. The third-order valence-corrected chi connectivity index (χ3v) is 2.58. The van der Waals surface area contributed by atoms with Crippen molar-refractivity contribution in [2.45, 2.75) is 44.9 Å². The predicted molar refractivity (Wildman–Crippen MR) is 74.3 cm³/mol. The first-order valence-corrected chi connectivity index (χ1v) is 6.35. The average Bonchev–Trinajstić information content (AvgIpc) is 2.34. The van der Waals surface area contributed by atoms with Crippen LogP contribution in [0.1, 0.15) is 26.3 Å². The summed E-state index contributed by atoms with van der Waals surface area (Å²) >= 11 is 0. The van der Waals surface area contributed by atoms with E-state index < -0.39 is 23.7 Å². The first-order valence-electron chi connectivity index (χ1n) is 6.35. The summed E-state index contributed by atoms with van der Waals surface area (Å²) in [7, 11) is 0. The van der Waals surface area contributed by atoms with Gasteiger partial charge in [-0.15, -0.1) is 0 Å². The molecule has 1 aromatic carbocycles. The molecule has 0 fully saturated rings. The Morgan fingerprint density at radius 1 is 1.35 bits per heavy atom. The molecular weight excluding hydrogens is 258 g/mol. The van der Waals surface area contributed by atoms with Crippen molar-refractivity contribution in [2.24, 2.45) is 4.99 Å². The van der Waals surface area contributed by atoms with Gasteiger partial charge in [0.05, 0.1) is 11.7 Å².